The van der Waals surface area contributed by atoms with E-state index in [-0.39, 0.29) is 0 Å². The highest BCUT2D eigenvalue weighted by atomic mass is 15.2. The smallest absolute Gasteiger partial charge is 0.0601 e. The van der Waals surface area contributed by atoms with Crippen molar-refractivity contribution in [2.45, 2.75) is 47.5 Å². The Kier molecular flexibility index (Phi) is 4.82. The summed E-state index contributed by atoms with van der Waals surface area (Å²) >= 11 is 0. The van der Waals surface area contributed by atoms with Gasteiger partial charge in [0.2, 0.25) is 0 Å². The number of nitrogens with zero attached hydrogens (tertiary/aromatic N) is 2. The maximum absolute atomic E-state index is 3.32. The topological polar surface area (TPSA) is 6.48 Å². The van der Waals surface area contributed by atoms with Gasteiger partial charge in [-0.25, -0.2) is 0 Å². The molecule has 0 N–H and O–H groups in total. The number of hydrogen-bond donors (Lipinski definition) is 0. The highest BCUT2D eigenvalue weighted by Crippen LogP contribution is 2.41. The van der Waals surface area contributed by atoms with E-state index in [1.54, 1.807) is 0 Å². The van der Waals surface area contributed by atoms with Crippen molar-refractivity contribution < 1.29 is 0 Å². The minimum atomic E-state index is 0.439. The van der Waals surface area contributed by atoms with E-state index in [0.29, 0.717) is 16.7 Å². The lowest BCUT2D eigenvalue weighted by Crippen LogP contribution is -2.61. The predicted octanol–water partition coefficient (Wildman–Crippen LogP) is 3.09. The third-order valence-electron chi connectivity index (χ3n) is 4.43. The first-order valence-electron chi connectivity index (χ1n) is 8.21. The van der Waals surface area contributed by atoms with Crippen LogP contribution in [0.2, 0.25) is 0 Å². The van der Waals surface area contributed by atoms with Crippen LogP contribution < -0.4 is 0 Å². The summed E-state index contributed by atoms with van der Waals surface area (Å²) in [5, 5.41) is 0. The number of likely N-dealkylation sites (tertiary alicyclic amines) is 2. The molecule has 20 heavy (non-hydrogen) atoms. The SMILES string of the molecule is CC(C)C#CCN1CCC2(CC1)CN(CC(C)(C)C)C2. The van der Waals surface area contributed by atoms with Crippen LogP contribution in [0.3, 0.4) is 0 Å². The Balaban J connectivity index is 1.70. The van der Waals surface area contributed by atoms with Crippen LogP contribution in [0.5, 0.6) is 0 Å². The van der Waals surface area contributed by atoms with Gasteiger partial charge in [-0.1, -0.05) is 46.5 Å². The van der Waals surface area contributed by atoms with E-state index in [2.05, 4.69) is 56.3 Å². The van der Waals surface area contributed by atoms with Crippen LogP contribution in [0.15, 0.2) is 0 Å². The third-order valence-corrected chi connectivity index (χ3v) is 4.43. The number of hydrogen-bond acceptors (Lipinski definition) is 2. The fourth-order valence-corrected chi connectivity index (χ4v) is 3.55. The van der Waals surface area contributed by atoms with Crippen LogP contribution in [0.4, 0.5) is 0 Å². The van der Waals surface area contributed by atoms with Crippen LogP contribution in [0.1, 0.15) is 47.5 Å². The summed E-state index contributed by atoms with van der Waals surface area (Å²) in [6.45, 7) is 18.7. The van der Waals surface area contributed by atoms with E-state index < -0.39 is 0 Å². The molecule has 0 radical (unpaired) electrons. The van der Waals surface area contributed by atoms with Crippen LogP contribution in [-0.2, 0) is 0 Å². The van der Waals surface area contributed by atoms with Gasteiger partial charge < -0.3 is 4.90 Å². The van der Waals surface area contributed by atoms with Gasteiger partial charge in [-0.3, -0.25) is 4.90 Å². The molecule has 1 spiro atoms. The molecule has 0 amide bonds. The standard InChI is InChI=1S/C18H32N2/c1-16(2)7-6-10-19-11-8-18(9-12-19)14-20(15-18)13-17(3,4)5/h16H,8-15H2,1-5H3. The Morgan fingerprint density at radius 3 is 2.15 bits per heavy atom. The number of piperidine rings is 1. The molecule has 0 saturated carbocycles. The average Bonchev–Trinajstić information content (AvgIpc) is 2.27. The van der Waals surface area contributed by atoms with Crippen molar-refractivity contribution in [3.63, 3.8) is 0 Å². The van der Waals surface area contributed by atoms with E-state index >= 15 is 0 Å². The lowest BCUT2D eigenvalue weighted by Gasteiger charge is -2.55. The molecular formula is C18H32N2. The van der Waals surface area contributed by atoms with Crippen molar-refractivity contribution in [2.24, 2.45) is 16.7 Å². The molecule has 0 aliphatic carbocycles. The Labute approximate surface area is 125 Å². The summed E-state index contributed by atoms with van der Waals surface area (Å²) in [5.41, 5.74) is 1.09. The molecule has 0 unspecified atom stereocenters. The second-order valence-corrected chi connectivity index (χ2v) is 8.46. The molecule has 2 nitrogen and oxygen atoms in total. The van der Waals surface area contributed by atoms with Gasteiger partial charge in [0.1, 0.15) is 0 Å². The van der Waals surface area contributed by atoms with Crippen molar-refractivity contribution in [3.8, 4) is 11.8 Å². The second-order valence-electron chi connectivity index (χ2n) is 8.46. The molecule has 2 fully saturated rings. The zero-order valence-electron chi connectivity index (χ0n) is 14.1. The second kappa shape index (κ2) is 6.08. The molecule has 0 aromatic carbocycles. The highest BCUT2D eigenvalue weighted by Gasteiger charge is 2.45. The third kappa shape index (κ3) is 4.50. The molecule has 114 valence electrons. The molecule has 2 aliphatic rings. The highest BCUT2D eigenvalue weighted by molar-refractivity contribution is 5.05. The summed E-state index contributed by atoms with van der Waals surface area (Å²) in [6.07, 6.45) is 2.74. The maximum Gasteiger partial charge on any atom is 0.0601 e. The largest absolute Gasteiger partial charge is 0.302 e. The fraction of sp³-hybridized carbons (Fsp3) is 0.889. The van der Waals surface area contributed by atoms with Crippen LogP contribution in [-0.4, -0.2) is 49.1 Å². The minimum Gasteiger partial charge on any atom is -0.302 e. The molecule has 2 heteroatoms. The van der Waals surface area contributed by atoms with Crippen LogP contribution in [0.25, 0.3) is 0 Å². The monoisotopic (exact) mass is 276 g/mol. The van der Waals surface area contributed by atoms with Gasteiger partial charge >= 0.3 is 0 Å². The summed E-state index contributed by atoms with van der Waals surface area (Å²) in [5.74, 6) is 7.10. The molecule has 0 aromatic heterocycles. The zero-order chi connectivity index (χ0) is 14.8. The number of rotatable bonds is 2. The van der Waals surface area contributed by atoms with E-state index in [0.717, 1.165) is 6.54 Å². The minimum absolute atomic E-state index is 0.439. The molecule has 2 heterocycles. The van der Waals surface area contributed by atoms with Gasteiger partial charge in [-0.2, -0.15) is 0 Å². The van der Waals surface area contributed by atoms with Crippen molar-refractivity contribution in [1.82, 2.24) is 9.80 Å². The molecule has 0 aromatic rings. The van der Waals surface area contributed by atoms with Crippen molar-refractivity contribution in [3.05, 3.63) is 0 Å². The summed E-state index contributed by atoms with van der Waals surface area (Å²) in [6, 6.07) is 0. The summed E-state index contributed by atoms with van der Waals surface area (Å²) in [4.78, 5) is 5.18. The molecule has 0 bridgehead atoms. The van der Waals surface area contributed by atoms with E-state index in [4.69, 9.17) is 0 Å². The summed E-state index contributed by atoms with van der Waals surface area (Å²) < 4.78 is 0. The van der Waals surface area contributed by atoms with Crippen molar-refractivity contribution in [2.75, 3.05) is 39.3 Å². The van der Waals surface area contributed by atoms with E-state index in [1.165, 1.54) is 45.6 Å². The van der Waals surface area contributed by atoms with Gasteiger partial charge in [0.25, 0.3) is 0 Å². The predicted molar refractivity (Wildman–Crippen MR) is 86.6 cm³/mol. The Hall–Kier alpha value is -0.520. The Morgan fingerprint density at radius 2 is 1.65 bits per heavy atom. The maximum atomic E-state index is 3.32. The van der Waals surface area contributed by atoms with E-state index in [9.17, 15) is 0 Å². The molecule has 2 aliphatic heterocycles. The fourth-order valence-electron chi connectivity index (χ4n) is 3.55. The lowest BCUT2D eigenvalue weighted by atomic mass is 9.71. The normalized spacial score (nSPS) is 23.5. The van der Waals surface area contributed by atoms with Crippen LogP contribution >= 0.6 is 0 Å². The van der Waals surface area contributed by atoms with Gasteiger partial charge in [-0.15, -0.1) is 0 Å². The molecule has 2 saturated heterocycles. The van der Waals surface area contributed by atoms with Gasteiger partial charge in [0.05, 0.1) is 6.54 Å². The average molecular weight is 276 g/mol. The first kappa shape index (κ1) is 15.9. The Morgan fingerprint density at radius 1 is 1.05 bits per heavy atom. The quantitative estimate of drug-likeness (QED) is 0.715. The van der Waals surface area contributed by atoms with Gasteiger partial charge in [-0.05, 0) is 36.8 Å². The van der Waals surface area contributed by atoms with Crippen LogP contribution in [0, 0.1) is 28.6 Å². The first-order valence-corrected chi connectivity index (χ1v) is 8.21. The van der Waals surface area contributed by atoms with Gasteiger partial charge in [0, 0.05) is 25.6 Å². The van der Waals surface area contributed by atoms with Crippen molar-refractivity contribution >= 4 is 0 Å². The molecule has 2 rings (SSSR count). The summed E-state index contributed by atoms with van der Waals surface area (Å²) in [7, 11) is 0. The molecule has 0 atom stereocenters. The Bertz CT molecular complexity index is 364. The lowest BCUT2D eigenvalue weighted by molar-refractivity contribution is -0.0577. The van der Waals surface area contributed by atoms with Gasteiger partial charge in [0.15, 0.2) is 0 Å². The van der Waals surface area contributed by atoms with E-state index in [1.807, 2.05) is 0 Å². The van der Waals surface area contributed by atoms with Crippen molar-refractivity contribution in [1.29, 1.82) is 0 Å². The first-order chi connectivity index (χ1) is 9.28. The molecular weight excluding hydrogens is 244 g/mol. The zero-order valence-corrected chi connectivity index (χ0v) is 14.1.